The van der Waals surface area contributed by atoms with Crippen LogP contribution in [0.15, 0.2) is 42.5 Å². The first-order valence-electron chi connectivity index (χ1n) is 9.55. The molecule has 0 saturated carbocycles. The molecular formula is C22H28N2O3S. The number of sulfonamides is 1. The summed E-state index contributed by atoms with van der Waals surface area (Å²) >= 11 is 0. The van der Waals surface area contributed by atoms with Crippen LogP contribution in [0.5, 0.6) is 0 Å². The van der Waals surface area contributed by atoms with E-state index in [9.17, 15) is 13.2 Å². The lowest BCUT2D eigenvalue weighted by atomic mass is 10.0. The molecule has 6 heteroatoms. The van der Waals surface area contributed by atoms with E-state index in [1.54, 1.807) is 45.0 Å². The number of carbonyl (C=O) groups is 1. The molecule has 0 bridgehead atoms. The smallest absolute Gasteiger partial charge is 0.255 e. The van der Waals surface area contributed by atoms with Crippen molar-refractivity contribution in [2.75, 3.05) is 10.0 Å². The maximum atomic E-state index is 12.6. The number of hydrogen-bond acceptors (Lipinski definition) is 3. The molecule has 0 radical (unpaired) electrons. The van der Waals surface area contributed by atoms with Crippen LogP contribution in [-0.2, 0) is 10.0 Å². The fourth-order valence-electron chi connectivity index (χ4n) is 3.51. The minimum Gasteiger partial charge on any atom is -0.322 e. The summed E-state index contributed by atoms with van der Waals surface area (Å²) in [5.74, 6) is 0.833. The third kappa shape index (κ3) is 4.07. The van der Waals surface area contributed by atoms with Gasteiger partial charge in [-0.1, -0.05) is 19.9 Å². The predicted octanol–water partition coefficient (Wildman–Crippen LogP) is 5.09. The number of nitrogens with one attached hydrogen (secondary N) is 2. The van der Waals surface area contributed by atoms with Crippen molar-refractivity contribution in [2.45, 2.75) is 57.6 Å². The van der Waals surface area contributed by atoms with Gasteiger partial charge in [0.15, 0.2) is 0 Å². The molecule has 2 aromatic rings. The van der Waals surface area contributed by atoms with E-state index in [-0.39, 0.29) is 5.91 Å². The van der Waals surface area contributed by atoms with Crippen LogP contribution in [0.25, 0.3) is 0 Å². The van der Waals surface area contributed by atoms with Crippen molar-refractivity contribution in [3.8, 4) is 0 Å². The monoisotopic (exact) mass is 400 g/mol. The lowest BCUT2D eigenvalue weighted by Gasteiger charge is -2.20. The van der Waals surface area contributed by atoms with Gasteiger partial charge in [-0.2, -0.15) is 0 Å². The van der Waals surface area contributed by atoms with Crippen molar-refractivity contribution in [3.05, 3.63) is 59.2 Å². The van der Waals surface area contributed by atoms with E-state index in [0.29, 0.717) is 23.1 Å². The number of rotatable bonds is 4. The summed E-state index contributed by atoms with van der Waals surface area (Å²) in [7, 11) is -3.50. The van der Waals surface area contributed by atoms with Crippen molar-refractivity contribution in [3.63, 3.8) is 0 Å². The molecule has 1 aliphatic carbocycles. The van der Waals surface area contributed by atoms with E-state index in [1.807, 2.05) is 6.07 Å². The molecule has 2 N–H and O–H groups in total. The molecule has 2 atom stereocenters. The van der Waals surface area contributed by atoms with Crippen molar-refractivity contribution < 1.29 is 13.2 Å². The van der Waals surface area contributed by atoms with Gasteiger partial charge in [-0.25, -0.2) is 8.42 Å². The Hall–Kier alpha value is -2.34. The highest BCUT2D eigenvalue weighted by Crippen LogP contribution is 2.42. The fourth-order valence-corrected chi connectivity index (χ4v) is 4.27. The summed E-state index contributed by atoms with van der Waals surface area (Å²) in [6, 6.07) is 12.5. The Morgan fingerprint density at radius 1 is 0.929 bits per heavy atom. The van der Waals surface area contributed by atoms with Gasteiger partial charge in [0.05, 0.1) is 4.75 Å². The van der Waals surface area contributed by atoms with Crippen molar-refractivity contribution in [1.29, 1.82) is 0 Å². The van der Waals surface area contributed by atoms with Gasteiger partial charge in [-0.05, 0) is 86.6 Å². The van der Waals surface area contributed by atoms with Crippen molar-refractivity contribution in [2.24, 2.45) is 0 Å². The Morgan fingerprint density at radius 2 is 1.50 bits per heavy atom. The molecule has 1 amide bonds. The molecule has 2 unspecified atom stereocenters. The zero-order valence-electron chi connectivity index (χ0n) is 17.0. The average Bonchev–Trinajstić information content (AvgIpc) is 2.88. The molecule has 28 heavy (non-hydrogen) atoms. The van der Waals surface area contributed by atoms with E-state index < -0.39 is 14.8 Å². The predicted molar refractivity (Wildman–Crippen MR) is 115 cm³/mol. The van der Waals surface area contributed by atoms with Gasteiger partial charge in [0.1, 0.15) is 0 Å². The summed E-state index contributed by atoms with van der Waals surface area (Å²) in [5, 5.41) is 2.94. The fraction of sp³-hybridized carbons (Fsp3) is 0.409. The number of carbonyl (C=O) groups excluding carboxylic acids is 1. The standard InChI is InChI=1S/C22H28N2O3S/c1-14-12-15(2)20-13-18(10-11-19(14)20)23-21(25)16-6-8-17(9-7-16)24-28(26,27)22(3,4)5/h6-11,13-15,24H,12H2,1-5H3,(H,23,25). The van der Waals surface area contributed by atoms with Crippen LogP contribution in [-0.4, -0.2) is 19.1 Å². The van der Waals surface area contributed by atoms with E-state index in [0.717, 1.165) is 12.1 Å². The van der Waals surface area contributed by atoms with Gasteiger partial charge in [0.25, 0.3) is 5.91 Å². The topological polar surface area (TPSA) is 75.3 Å². The van der Waals surface area contributed by atoms with E-state index in [1.165, 1.54) is 11.1 Å². The van der Waals surface area contributed by atoms with E-state index in [4.69, 9.17) is 0 Å². The lowest BCUT2D eigenvalue weighted by molar-refractivity contribution is 0.102. The first-order valence-corrected chi connectivity index (χ1v) is 11.0. The Balaban J connectivity index is 1.72. The average molecular weight is 401 g/mol. The highest BCUT2D eigenvalue weighted by molar-refractivity contribution is 7.94. The summed E-state index contributed by atoms with van der Waals surface area (Å²) in [6.07, 6.45) is 1.14. The van der Waals surface area contributed by atoms with Gasteiger partial charge < -0.3 is 5.32 Å². The maximum Gasteiger partial charge on any atom is 0.255 e. The Kier molecular flexibility index (Phi) is 5.28. The van der Waals surface area contributed by atoms with Crippen LogP contribution in [0.1, 0.15) is 74.4 Å². The second kappa shape index (κ2) is 7.24. The SMILES string of the molecule is CC1CC(C)c2cc(NC(=O)c3ccc(NS(=O)(=O)C(C)(C)C)cc3)ccc21. The summed E-state index contributed by atoms with van der Waals surface area (Å²) < 4.78 is 26.1. The molecule has 5 nitrogen and oxygen atoms in total. The van der Waals surface area contributed by atoms with Crippen molar-refractivity contribution in [1.82, 2.24) is 0 Å². The third-order valence-corrected chi connectivity index (χ3v) is 7.44. The molecule has 0 aliphatic heterocycles. The largest absolute Gasteiger partial charge is 0.322 e. The zero-order valence-corrected chi connectivity index (χ0v) is 17.9. The maximum absolute atomic E-state index is 12.6. The Labute approximate surface area is 167 Å². The second-order valence-electron chi connectivity index (χ2n) is 8.63. The van der Waals surface area contributed by atoms with Crippen LogP contribution >= 0.6 is 0 Å². The zero-order chi connectivity index (χ0) is 20.7. The van der Waals surface area contributed by atoms with Gasteiger partial charge in [-0.3, -0.25) is 9.52 Å². The van der Waals surface area contributed by atoms with Crippen LogP contribution in [0.2, 0.25) is 0 Å². The molecule has 3 rings (SSSR count). The van der Waals surface area contributed by atoms with Gasteiger partial charge in [0, 0.05) is 16.9 Å². The Morgan fingerprint density at radius 3 is 2.11 bits per heavy atom. The molecular weight excluding hydrogens is 372 g/mol. The molecule has 150 valence electrons. The van der Waals surface area contributed by atoms with E-state index in [2.05, 4.69) is 36.0 Å². The molecule has 0 fully saturated rings. The first kappa shape index (κ1) is 20.4. The summed E-state index contributed by atoms with van der Waals surface area (Å²) in [6.45, 7) is 9.35. The minimum atomic E-state index is -3.50. The molecule has 0 spiro atoms. The Bertz CT molecular complexity index is 989. The normalized spacial score (nSPS) is 19.2. The van der Waals surface area contributed by atoms with Gasteiger partial charge in [-0.15, -0.1) is 0 Å². The number of amides is 1. The van der Waals surface area contributed by atoms with Crippen LogP contribution < -0.4 is 10.0 Å². The summed E-state index contributed by atoms with van der Waals surface area (Å²) in [5.41, 5.74) is 4.35. The number of anilines is 2. The molecule has 0 heterocycles. The number of fused-ring (bicyclic) bond motifs is 1. The van der Waals surface area contributed by atoms with Crippen LogP contribution in [0.4, 0.5) is 11.4 Å². The van der Waals surface area contributed by atoms with Crippen molar-refractivity contribution >= 4 is 27.3 Å². The van der Waals surface area contributed by atoms with E-state index >= 15 is 0 Å². The first-order chi connectivity index (χ1) is 13.0. The third-order valence-electron chi connectivity index (χ3n) is 5.32. The highest BCUT2D eigenvalue weighted by atomic mass is 32.2. The molecule has 2 aromatic carbocycles. The second-order valence-corrected chi connectivity index (χ2v) is 11.1. The molecule has 0 aromatic heterocycles. The molecule has 0 saturated heterocycles. The minimum absolute atomic E-state index is 0.219. The lowest BCUT2D eigenvalue weighted by Crippen LogP contribution is -2.33. The quantitative estimate of drug-likeness (QED) is 0.750. The van der Waals surface area contributed by atoms with Gasteiger partial charge in [0.2, 0.25) is 10.0 Å². The summed E-state index contributed by atoms with van der Waals surface area (Å²) in [4.78, 5) is 12.6. The molecule has 1 aliphatic rings. The van der Waals surface area contributed by atoms with Crippen LogP contribution in [0, 0.1) is 0 Å². The number of benzene rings is 2. The van der Waals surface area contributed by atoms with Gasteiger partial charge >= 0.3 is 0 Å². The number of hydrogen-bond donors (Lipinski definition) is 2. The highest BCUT2D eigenvalue weighted by Gasteiger charge is 2.29. The van der Waals surface area contributed by atoms with Crippen LogP contribution in [0.3, 0.4) is 0 Å².